The first-order chi connectivity index (χ1) is 13.0. The molecule has 3 nitrogen and oxygen atoms in total. The molecule has 1 aliphatic carbocycles. The molecule has 3 rings (SSSR count). The Bertz CT molecular complexity index is 560. The van der Waals surface area contributed by atoms with Crippen molar-refractivity contribution < 1.29 is 13.2 Å². The summed E-state index contributed by atoms with van der Waals surface area (Å²) in [4.78, 5) is 4.72. The lowest BCUT2D eigenvalue weighted by molar-refractivity contribution is -0.137. The summed E-state index contributed by atoms with van der Waals surface area (Å²) in [6, 6.07) is 6.41. The molecule has 0 atom stereocenters. The summed E-state index contributed by atoms with van der Waals surface area (Å²) in [5.41, 5.74) is 0.191. The molecule has 1 aromatic rings. The molecule has 2 aliphatic rings. The molecule has 0 unspecified atom stereocenters. The molecule has 1 aromatic carbocycles. The van der Waals surface area contributed by atoms with Gasteiger partial charge in [0.15, 0.2) is 0 Å². The first-order valence-corrected chi connectivity index (χ1v) is 10.3. The van der Waals surface area contributed by atoms with E-state index in [2.05, 4.69) is 15.1 Å². The maximum absolute atomic E-state index is 12.8. The van der Waals surface area contributed by atoms with Gasteiger partial charge in [0.1, 0.15) is 0 Å². The van der Waals surface area contributed by atoms with Crippen molar-refractivity contribution in [2.24, 2.45) is 0 Å². The van der Waals surface area contributed by atoms with Gasteiger partial charge in [-0.1, -0.05) is 43.9 Å². The van der Waals surface area contributed by atoms with Gasteiger partial charge in [0.05, 0.1) is 5.56 Å². The quantitative estimate of drug-likeness (QED) is 0.745. The van der Waals surface area contributed by atoms with Crippen molar-refractivity contribution in [3.63, 3.8) is 0 Å². The maximum Gasteiger partial charge on any atom is 0.416 e. The Kier molecular flexibility index (Phi) is 7.56. The van der Waals surface area contributed by atoms with E-state index in [4.69, 9.17) is 0 Å². The summed E-state index contributed by atoms with van der Waals surface area (Å²) >= 11 is 0. The summed E-state index contributed by atoms with van der Waals surface area (Å²) in [7, 11) is 0. The monoisotopic (exact) mass is 383 g/mol. The van der Waals surface area contributed by atoms with Crippen LogP contribution in [0.1, 0.15) is 49.7 Å². The van der Waals surface area contributed by atoms with Crippen molar-refractivity contribution >= 4 is 0 Å². The van der Waals surface area contributed by atoms with Crippen molar-refractivity contribution in [2.75, 3.05) is 39.3 Å². The van der Waals surface area contributed by atoms with Crippen LogP contribution < -0.4 is 5.32 Å². The van der Waals surface area contributed by atoms with Crippen LogP contribution in [0.5, 0.6) is 0 Å². The molecule has 0 radical (unpaired) electrons. The molecule has 2 fully saturated rings. The van der Waals surface area contributed by atoms with E-state index in [0.717, 1.165) is 50.9 Å². The molecule has 1 aliphatic heterocycles. The minimum atomic E-state index is -4.26. The van der Waals surface area contributed by atoms with Crippen molar-refractivity contribution in [3.05, 3.63) is 35.4 Å². The second-order valence-electron chi connectivity index (χ2n) is 7.96. The normalized spacial score (nSPS) is 21.3. The molecule has 1 heterocycles. The summed E-state index contributed by atoms with van der Waals surface area (Å²) in [5, 5.41) is 3.72. The Morgan fingerprint density at radius 1 is 0.926 bits per heavy atom. The van der Waals surface area contributed by atoms with Crippen molar-refractivity contribution in [2.45, 2.75) is 57.3 Å². The lowest BCUT2D eigenvalue weighted by Crippen LogP contribution is -2.48. The number of hydrogen-bond acceptors (Lipinski definition) is 3. The molecule has 27 heavy (non-hydrogen) atoms. The average molecular weight is 384 g/mol. The van der Waals surface area contributed by atoms with Crippen LogP contribution in [0.25, 0.3) is 0 Å². The number of benzene rings is 1. The second-order valence-corrected chi connectivity index (χ2v) is 7.96. The highest BCUT2D eigenvalue weighted by atomic mass is 19.4. The number of nitrogens with zero attached hydrogens (tertiary/aromatic N) is 2. The van der Waals surface area contributed by atoms with Crippen molar-refractivity contribution in [1.29, 1.82) is 0 Å². The Balaban J connectivity index is 1.36. The fourth-order valence-corrected chi connectivity index (χ4v) is 4.19. The maximum atomic E-state index is 12.8. The standard InChI is InChI=1S/C21H32F3N3/c22-21(23,24)19-7-5-6-18(16-19)17-27-14-12-26(13-15-27)11-10-25-20-8-3-1-2-4-9-20/h5-7,16,20,25H,1-4,8-15,17H2. The van der Waals surface area contributed by atoms with E-state index in [9.17, 15) is 13.2 Å². The van der Waals surface area contributed by atoms with E-state index in [1.807, 2.05) is 0 Å². The molecule has 0 amide bonds. The largest absolute Gasteiger partial charge is 0.416 e. The van der Waals surface area contributed by atoms with Gasteiger partial charge in [0, 0.05) is 51.9 Å². The third-order valence-electron chi connectivity index (χ3n) is 5.84. The van der Waals surface area contributed by atoms with Crippen LogP contribution in [0.3, 0.4) is 0 Å². The number of alkyl halides is 3. The smallest absolute Gasteiger partial charge is 0.313 e. The lowest BCUT2D eigenvalue weighted by Gasteiger charge is -2.35. The summed E-state index contributed by atoms with van der Waals surface area (Å²) in [6.45, 7) is 6.51. The number of rotatable bonds is 6. The number of halogens is 3. The molecule has 1 N–H and O–H groups in total. The van der Waals surface area contributed by atoms with E-state index in [1.54, 1.807) is 6.07 Å². The van der Waals surface area contributed by atoms with Crippen LogP contribution in [0.4, 0.5) is 13.2 Å². The molecule has 152 valence electrons. The van der Waals surface area contributed by atoms with E-state index >= 15 is 0 Å². The molecular formula is C21H32F3N3. The first-order valence-electron chi connectivity index (χ1n) is 10.3. The highest BCUT2D eigenvalue weighted by molar-refractivity contribution is 5.25. The fourth-order valence-electron chi connectivity index (χ4n) is 4.19. The number of piperazine rings is 1. The Hall–Kier alpha value is -1.11. The zero-order valence-electron chi connectivity index (χ0n) is 16.1. The van der Waals surface area contributed by atoms with Gasteiger partial charge in [-0.3, -0.25) is 9.80 Å². The fraction of sp³-hybridized carbons (Fsp3) is 0.714. The minimum Gasteiger partial charge on any atom is -0.313 e. The minimum absolute atomic E-state index is 0.553. The molecule has 0 spiro atoms. The van der Waals surface area contributed by atoms with E-state index in [1.165, 1.54) is 50.7 Å². The van der Waals surface area contributed by atoms with Gasteiger partial charge in [-0.25, -0.2) is 0 Å². The molecule has 1 saturated heterocycles. The molecular weight excluding hydrogens is 351 g/mol. The highest BCUT2D eigenvalue weighted by Gasteiger charge is 2.30. The molecule has 0 aromatic heterocycles. The van der Waals surface area contributed by atoms with Gasteiger partial charge in [-0.2, -0.15) is 13.2 Å². The van der Waals surface area contributed by atoms with Gasteiger partial charge in [-0.15, -0.1) is 0 Å². The molecule has 1 saturated carbocycles. The predicted octanol–water partition coefficient (Wildman–Crippen LogP) is 4.14. The summed E-state index contributed by atoms with van der Waals surface area (Å²) in [5.74, 6) is 0. The van der Waals surface area contributed by atoms with Gasteiger partial charge in [-0.05, 0) is 24.5 Å². The van der Waals surface area contributed by atoms with E-state index < -0.39 is 11.7 Å². The van der Waals surface area contributed by atoms with Crippen molar-refractivity contribution in [1.82, 2.24) is 15.1 Å². The predicted molar refractivity (Wildman–Crippen MR) is 103 cm³/mol. The van der Waals surface area contributed by atoms with Crippen LogP contribution in [0.2, 0.25) is 0 Å². The molecule has 6 heteroatoms. The Labute approximate surface area is 160 Å². The van der Waals surface area contributed by atoms with Gasteiger partial charge < -0.3 is 5.32 Å². The highest BCUT2D eigenvalue weighted by Crippen LogP contribution is 2.29. The summed E-state index contributed by atoms with van der Waals surface area (Å²) in [6.07, 6.45) is 3.82. The lowest BCUT2D eigenvalue weighted by atomic mass is 10.1. The van der Waals surface area contributed by atoms with Crippen LogP contribution in [0, 0.1) is 0 Å². The van der Waals surface area contributed by atoms with Crippen LogP contribution in [0.15, 0.2) is 24.3 Å². The number of hydrogen-bond donors (Lipinski definition) is 1. The van der Waals surface area contributed by atoms with Crippen LogP contribution in [-0.2, 0) is 12.7 Å². The van der Waals surface area contributed by atoms with Gasteiger partial charge >= 0.3 is 6.18 Å². The SMILES string of the molecule is FC(F)(F)c1cccc(CN2CCN(CCNC3CCCCCC3)CC2)c1. The second kappa shape index (κ2) is 9.89. The third kappa shape index (κ3) is 6.77. The summed E-state index contributed by atoms with van der Waals surface area (Å²) < 4.78 is 38.5. The van der Waals surface area contributed by atoms with Gasteiger partial charge in [0.25, 0.3) is 0 Å². The number of nitrogens with one attached hydrogen (secondary N) is 1. The zero-order chi connectivity index (χ0) is 19.1. The molecule has 0 bridgehead atoms. The first kappa shape index (κ1) is 20.6. The Morgan fingerprint density at radius 3 is 2.26 bits per heavy atom. The average Bonchev–Trinajstić information content (AvgIpc) is 2.92. The topological polar surface area (TPSA) is 18.5 Å². The zero-order valence-corrected chi connectivity index (χ0v) is 16.1. The van der Waals surface area contributed by atoms with Crippen LogP contribution >= 0.6 is 0 Å². The van der Waals surface area contributed by atoms with Crippen LogP contribution in [-0.4, -0.2) is 55.1 Å². The Morgan fingerprint density at radius 2 is 1.59 bits per heavy atom. The van der Waals surface area contributed by atoms with Gasteiger partial charge in [0.2, 0.25) is 0 Å². The van der Waals surface area contributed by atoms with Crippen molar-refractivity contribution in [3.8, 4) is 0 Å². The van der Waals surface area contributed by atoms with E-state index in [-0.39, 0.29) is 0 Å². The van der Waals surface area contributed by atoms with E-state index in [0.29, 0.717) is 12.6 Å². The third-order valence-corrected chi connectivity index (χ3v) is 5.84.